The van der Waals surface area contributed by atoms with E-state index in [-0.39, 0.29) is 5.41 Å². The molecule has 3 rings (SSSR count). The van der Waals surface area contributed by atoms with Crippen LogP contribution >= 0.6 is 0 Å². The Morgan fingerprint density at radius 2 is 1.80 bits per heavy atom. The first-order valence-corrected chi connectivity index (χ1v) is 11.3. The van der Waals surface area contributed by atoms with Gasteiger partial charge in [-0.25, -0.2) is 4.99 Å². The maximum Gasteiger partial charge on any atom is 0.191 e. The van der Waals surface area contributed by atoms with Crippen LogP contribution in [0.4, 0.5) is 0 Å². The van der Waals surface area contributed by atoms with Crippen molar-refractivity contribution in [3.63, 3.8) is 0 Å². The van der Waals surface area contributed by atoms with Gasteiger partial charge in [-0.2, -0.15) is 0 Å². The van der Waals surface area contributed by atoms with E-state index >= 15 is 0 Å². The van der Waals surface area contributed by atoms with Gasteiger partial charge in [0.15, 0.2) is 11.8 Å². The molecule has 6 nitrogen and oxygen atoms in total. The molecule has 2 N–H and O–H groups in total. The summed E-state index contributed by atoms with van der Waals surface area (Å²) in [6.07, 6.45) is 7.36. The second-order valence-electron chi connectivity index (χ2n) is 9.49. The lowest BCUT2D eigenvalue weighted by atomic mass is 9.86. The van der Waals surface area contributed by atoms with Crippen LogP contribution in [0.3, 0.4) is 0 Å². The maximum atomic E-state index is 4.81. The molecule has 0 amide bonds. The van der Waals surface area contributed by atoms with Gasteiger partial charge in [0.1, 0.15) is 12.4 Å². The molecule has 0 bridgehead atoms. The average molecular weight is 411 g/mol. The molecule has 2 aromatic rings. The highest BCUT2D eigenvalue weighted by atomic mass is 15.3. The molecule has 1 aromatic heterocycles. The summed E-state index contributed by atoms with van der Waals surface area (Å²) < 4.78 is 2.00. The van der Waals surface area contributed by atoms with Gasteiger partial charge in [-0.15, -0.1) is 10.2 Å². The van der Waals surface area contributed by atoms with Gasteiger partial charge in [0, 0.05) is 19.6 Å². The predicted molar refractivity (Wildman–Crippen MR) is 124 cm³/mol. The van der Waals surface area contributed by atoms with Crippen LogP contribution in [-0.4, -0.2) is 33.3 Å². The number of aromatic nitrogens is 3. The fourth-order valence-corrected chi connectivity index (χ4v) is 3.83. The summed E-state index contributed by atoms with van der Waals surface area (Å²) in [5, 5.41) is 15.6. The molecule has 0 spiro atoms. The normalized spacial score (nSPS) is 16.0. The highest BCUT2D eigenvalue weighted by molar-refractivity contribution is 5.80. The van der Waals surface area contributed by atoms with E-state index in [2.05, 4.69) is 65.9 Å². The van der Waals surface area contributed by atoms with Crippen molar-refractivity contribution in [1.29, 1.82) is 0 Å². The topological polar surface area (TPSA) is 67.1 Å². The quantitative estimate of drug-likeness (QED) is 0.557. The molecule has 1 saturated carbocycles. The van der Waals surface area contributed by atoms with Crippen LogP contribution in [-0.2, 0) is 25.4 Å². The molecule has 6 heteroatoms. The molecule has 1 heterocycles. The predicted octanol–water partition coefficient (Wildman–Crippen LogP) is 4.03. The summed E-state index contributed by atoms with van der Waals surface area (Å²) in [5.74, 6) is 2.68. The Bertz CT molecular complexity index is 822. The third-order valence-corrected chi connectivity index (χ3v) is 6.03. The van der Waals surface area contributed by atoms with E-state index in [0.29, 0.717) is 12.6 Å². The van der Waals surface area contributed by atoms with Gasteiger partial charge in [0.05, 0.1) is 0 Å². The molecule has 0 radical (unpaired) electrons. The largest absolute Gasteiger partial charge is 0.356 e. The second kappa shape index (κ2) is 10.1. The van der Waals surface area contributed by atoms with Gasteiger partial charge < -0.3 is 15.2 Å². The SMILES string of the molecule is Cc1nnc(CN=C(NCCc2ccc(C(C)(C)C)cc2)NC2CCCCC2)n1C. The van der Waals surface area contributed by atoms with Gasteiger partial charge in [-0.05, 0) is 42.7 Å². The van der Waals surface area contributed by atoms with Gasteiger partial charge in [0.2, 0.25) is 0 Å². The van der Waals surface area contributed by atoms with Crippen LogP contribution in [0.2, 0.25) is 0 Å². The number of aliphatic imine (C=N–C) groups is 1. The smallest absolute Gasteiger partial charge is 0.191 e. The Morgan fingerprint density at radius 3 is 2.40 bits per heavy atom. The highest BCUT2D eigenvalue weighted by Gasteiger charge is 2.15. The molecular formula is C24H38N6. The van der Waals surface area contributed by atoms with Crippen LogP contribution in [0.15, 0.2) is 29.3 Å². The molecule has 1 fully saturated rings. The zero-order chi connectivity index (χ0) is 21.6. The lowest BCUT2D eigenvalue weighted by Gasteiger charge is -2.25. The lowest BCUT2D eigenvalue weighted by molar-refractivity contribution is 0.410. The number of nitrogens with zero attached hydrogens (tertiary/aromatic N) is 4. The number of hydrogen-bond donors (Lipinski definition) is 2. The van der Waals surface area contributed by atoms with Crippen LogP contribution < -0.4 is 10.6 Å². The van der Waals surface area contributed by atoms with Crippen LogP contribution in [0.1, 0.15) is 75.7 Å². The van der Waals surface area contributed by atoms with Crippen molar-refractivity contribution in [3.8, 4) is 0 Å². The molecule has 164 valence electrons. The number of nitrogens with one attached hydrogen (secondary N) is 2. The monoisotopic (exact) mass is 410 g/mol. The molecule has 1 aliphatic carbocycles. The average Bonchev–Trinajstić information content (AvgIpc) is 3.04. The first-order valence-electron chi connectivity index (χ1n) is 11.3. The third-order valence-electron chi connectivity index (χ3n) is 6.03. The molecule has 1 aromatic carbocycles. The molecule has 0 atom stereocenters. The number of aryl methyl sites for hydroxylation is 1. The van der Waals surface area contributed by atoms with Crippen molar-refractivity contribution in [2.45, 2.75) is 84.2 Å². The molecule has 0 saturated heterocycles. The van der Waals surface area contributed by atoms with Crippen LogP contribution in [0, 0.1) is 6.92 Å². The standard InChI is InChI=1S/C24H38N6/c1-18-28-29-22(30(18)5)17-26-23(27-21-9-7-6-8-10-21)25-16-15-19-11-13-20(14-12-19)24(2,3)4/h11-14,21H,6-10,15-17H2,1-5H3,(H2,25,26,27). The number of rotatable bonds is 6. The van der Waals surface area contributed by atoms with Crippen molar-refractivity contribution in [1.82, 2.24) is 25.4 Å². The summed E-state index contributed by atoms with van der Waals surface area (Å²) in [5.41, 5.74) is 2.91. The van der Waals surface area contributed by atoms with Gasteiger partial charge in [0.25, 0.3) is 0 Å². The minimum atomic E-state index is 0.193. The first kappa shape index (κ1) is 22.3. The zero-order valence-electron chi connectivity index (χ0n) is 19.3. The summed E-state index contributed by atoms with van der Waals surface area (Å²) >= 11 is 0. The fraction of sp³-hybridized carbons (Fsp3) is 0.625. The Morgan fingerprint density at radius 1 is 1.10 bits per heavy atom. The van der Waals surface area contributed by atoms with E-state index in [1.54, 1.807) is 0 Å². The Labute approximate surface area is 181 Å². The third kappa shape index (κ3) is 6.31. The number of guanidine groups is 1. The van der Waals surface area contributed by atoms with Crippen LogP contribution in [0.5, 0.6) is 0 Å². The Hall–Kier alpha value is -2.37. The second-order valence-corrected chi connectivity index (χ2v) is 9.49. The van der Waals surface area contributed by atoms with E-state index < -0.39 is 0 Å². The van der Waals surface area contributed by atoms with Crippen molar-refractivity contribution in [3.05, 3.63) is 47.0 Å². The van der Waals surface area contributed by atoms with E-state index in [0.717, 1.165) is 30.6 Å². The lowest BCUT2D eigenvalue weighted by Crippen LogP contribution is -2.44. The van der Waals surface area contributed by atoms with E-state index in [1.807, 2.05) is 18.5 Å². The van der Waals surface area contributed by atoms with Gasteiger partial charge >= 0.3 is 0 Å². The first-order chi connectivity index (χ1) is 14.3. The summed E-state index contributed by atoms with van der Waals surface area (Å²) in [6.45, 7) is 10.1. The molecule has 30 heavy (non-hydrogen) atoms. The number of benzene rings is 1. The molecule has 1 aliphatic rings. The Kier molecular flexibility index (Phi) is 7.51. The maximum absolute atomic E-state index is 4.81. The highest BCUT2D eigenvalue weighted by Crippen LogP contribution is 2.22. The van der Waals surface area contributed by atoms with Crippen LogP contribution in [0.25, 0.3) is 0 Å². The number of hydrogen-bond acceptors (Lipinski definition) is 3. The van der Waals surface area contributed by atoms with E-state index in [4.69, 9.17) is 4.99 Å². The zero-order valence-corrected chi connectivity index (χ0v) is 19.3. The minimum absolute atomic E-state index is 0.193. The molecular weight excluding hydrogens is 372 g/mol. The van der Waals surface area contributed by atoms with E-state index in [1.165, 1.54) is 43.2 Å². The molecule has 0 unspecified atom stereocenters. The summed E-state index contributed by atoms with van der Waals surface area (Å²) in [6, 6.07) is 9.51. The van der Waals surface area contributed by atoms with Crippen molar-refractivity contribution >= 4 is 5.96 Å². The van der Waals surface area contributed by atoms with E-state index in [9.17, 15) is 0 Å². The van der Waals surface area contributed by atoms with Gasteiger partial charge in [-0.3, -0.25) is 0 Å². The van der Waals surface area contributed by atoms with Crippen molar-refractivity contribution < 1.29 is 0 Å². The molecule has 0 aliphatic heterocycles. The fourth-order valence-electron chi connectivity index (χ4n) is 3.83. The minimum Gasteiger partial charge on any atom is -0.356 e. The Balaban J connectivity index is 1.59. The van der Waals surface area contributed by atoms with Gasteiger partial charge in [-0.1, -0.05) is 64.3 Å². The van der Waals surface area contributed by atoms with Crippen molar-refractivity contribution in [2.75, 3.05) is 6.54 Å². The van der Waals surface area contributed by atoms with Crippen molar-refractivity contribution in [2.24, 2.45) is 12.0 Å². The summed E-state index contributed by atoms with van der Waals surface area (Å²) in [4.78, 5) is 4.81. The summed E-state index contributed by atoms with van der Waals surface area (Å²) in [7, 11) is 1.99.